The summed E-state index contributed by atoms with van der Waals surface area (Å²) in [6, 6.07) is 3.15. The highest BCUT2D eigenvalue weighted by atomic mass is 32.1. The number of rotatable bonds is 6. The molecule has 2 fully saturated rings. The Morgan fingerprint density at radius 3 is 2.53 bits per heavy atom. The number of hydrogen-bond acceptors (Lipinski definition) is 4. The Labute approximate surface area is 209 Å². The molecule has 1 spiro atoms. The van der Waals surface area contributed by atoms with Gasteiger partial charge in [-0.05, 0) is 74.3 Å². The summed E-state index contributed by atoms with van der Waals surface area (Å²) in [5.74, 6) is -2.43. The SMILES string of the molecule is CNC(=O)CCCC1=C=C=C(N2C(=S)N(c3ccc(C#N)c(C(F)(F)F)c3F)C(=O)C23CCC3)C=C1. The summed E-state index contributed by atoms with van der Waals surface area (Å²) >= 11 is 5.49. The van der Waals surface area contributed by atoms with Crippen LogP contribution in [0, 0.1) is 17.1 Å². The van der Waals surface area contributed by atoms with Gasteiger partial charge >= 0.3 is 6.18 Å². The highest BCUT2D eigenvalue weighted by Gasteiger charge is 2.60. The van der Waals surface area contributed by atoms with Crippen LogP contribution in [0.1, 0.15) is 49.7 Å². The van der Waals surface area contributed by atoms with Crippen molar-refractivity contribution in [2.75, 3.05) is 11.9 Å². The first-order chi connectivity index (χ1) is 17.0. The second-order valence-electron chi connectivity index (χ2n) is 8.60. The number of allylic oxidation sites excluding steroid dienone is 3. The third kappa shape index (κ3) is 4.14. The van der Waals surface area contributed by atoms with E-state index >= 15 is 4.39 Å². The van der Waals surface area contributed by atoms with E-state index in [2.05, 4.69) is 16.8 Å². The summed E-state index contributed by atoms with van der Waals surface area (Å²) in [6.45, 7) is 0. The normalized spacial score (nSPS) is 18.2. The van der Waals surface area contributed by atoms with Crippen LogP contribution in [0.5, 0.6) is 0 Å². The van der Waals surface area contributed by atoms with E-state index in [9.17, 15) is 22.8 Å². The highest BCUT2D eigenvalue weighted by Crippen LogP contribution is 2.49. The summed E-state index contributed by atoms with van der Waals surface area (Å²) in [5, 5.41) is 11.4. The number of hydrogen-bond donors (Lipinski definition) is 1. The number of thiocarbonyl (C=S) groups is 1. The lowest BCUT2D eigenvalue weighted by Gasteiger charge is -2.42. The number of alkyl halides is 3. The van der Waals surface area contributed by atoms with Gasteiger partial charge in [-0.2, -0.15) is 18.4 Å². The van der Waals surface area contributed by atoms with E-state index in [1.54, 1.807) is 19.2 Å². The molecule has 2 amide bonds. The van der Waals surface area contributed by atoms with Crippen LogP contribution in [0.15, 0.2) is 47.0 Å². The lowest BCUT2D eigenvalue weighted by atomic mass is 9.75. The number of halogens is 4. The number of nitrogens with zero attached hydrogens (tertiary/aromatic N) is 3. The molecule has 1 saturated heterocycles. The molecule has 36 heavy (non-hydrogen) atoms. The van der Waals surface area contributed by atoms with Crippen molar-refractivity contribution in [3.05, 3.63) is 64.0 Å². The van der Waals surface area contributed by atoms with Crippen molar-refractivity contribution >= 4 is 34.8 Å². The average Bonchev–Trinajstić information content (AvgIpc) is 3.05. The number of carbonyl (C=O) groups excluding carboxylic acids is 2. The molecule has 6 nitrogen and oxygen atoms in total. The van der Waals surface area contributed by atoms with Gasteiger partial charge in [0, 0.05) is 19.0 Å². The molecule has 1 aliphatic heterocycles. The van der Waals surface area contributed by atoms with Gasteiger partial charge in [0.1, 0.15) is 11.1 Å². The molecule has 1 heterocycles. The molecule has 1 aromatic rings. The van der Waals surface area contributed by atoms with Gasteiger partial charge in [0.2, 0.25) is 5.91 Å². The number of nitriles is 1. The zero-order chi connectivity index (χ0) is 26.3. The minimum absolute atomic E-state index is 0.0766. The van der Waals surface area contributed by atoms with Crippen LogP contribution in [0.4, 0.5) is 23.2 Å². The van der Waals surface area contributed by atoms with Crippen LogP contribution in [-0.4, -0.2) is 34.4 Å². The van der Waals surface area contributed by atoms with Gasteiger partial charge in [-0.1, -0.05) is 5.73 Å². The van der Waals surface area contributed by atoms with E-state index in [0.29, 0.717) is 44.2 Å². The Morgan fingerprint density at radius 2 is 2.00 bits per heavy atom. The molecule has 0 unspecified atom stereocenters. The van der Waals surface area contributed by atoms with E-state index in [0.717, 1.165) is 22.6 Å². The fraction of sp³-hybridized carbons (Fsp3) is 0.360. The maximum atomic E-state index is 15.2. The summed E-state index contributed by atoms with van der Waals surface area (Å²) in [4.78, 5) is 27.2. The fourth-order valence-corrected chi connectivity index (χ4v) is 4.98. The predicted octanol–water partition coefficient (Wildman–Crippen LogP) is 4.62. The molecular formula is C25H20F4N4O2S. The number of benzene rings is 1. The molecule has 1 N–H and O–H groups in total. The van der Waals surface area contributed by atoms with E-state index in [1.807, 2.05) is 0 Å². The topological polar surface area (TPSA) is 76.4 Å². The molecule has 11 heteroatoms. The third-order valence-electron chi connectivity index (χ3n) is 6.52. The molecule has 0 aromatic heterocycles. The maximum Gasteiger partial charge on any atom is 0.420 e. The Morgan fingerprint density at radius 1 is 1.28 bits per heavy atom. The molecular weight excluding hydrogens is 496 g/mol. The van der Waals surface area contributed by atoms with Crippen LogP contribution in [0.25, 0.3) is 0 Å². The van der Waals surface area contributed by atoms with Crippen LogP contribution < -0.4 is 10.2 Å². The van der Waals surface area contributed by atoms with Crippen molar-refractivity contribution in [2.45, 2.75) is 50.2 Å². The summed E-state index contributed by atoms with van der Waals surface area (Å²) < 4.78 is 55.8. The van der Waals surface area contributed by atoms with Crippen molar-refractivity contribution < 1.29 is 27.2 Å². The first-order valence-electron chi connectivity index (χ1n) is 11.2. The van der Waals surface area contributed by atoms with Crippen molar-refractivity contribution in [1.82, 2.24) is 10.2 Å². The fourth-order valence-electron chi connectivity index (χ4n) is 4.52. The third-order valence-corrected chi connectivity index (χ3v) is 6.89. The zero-order valence-corrected chi connectivity index (χ0v) is 19.9. The molecule has 186 valence electrons. The number of anilines is 1. The number of amides is 2. The van der Waals surface area contributed by atoms with Gasteiger partial charge in [-0.25, -0.2) is 4.39 Å². The molecule has 1 aromatic carbocycles. The monoisotopic (exact) mass is 516 g/mol. The summed E-state index contributed by atoms with van der Waals surface area (Å²) in [7, 11) is 1.56. The van der Waals surface area contributed by atoms with Crippen molar-refractivity contribution in [3.8, 4) is 6.07 Å². The minimum atomic E-state index is -5.14. The predicted molar refractivity (Wildman–Crippen MR) is 126 cm³/mol. The first-order valence-corrected chi connectivity index (χ1v) is 11.6. The van der Waals surface area contributed by atoms with Crippen LogP contribution in [0.2, 0.25) is 0 Å². The van der Waals surface area contributed by atoms with Crippen LogP contribution >= 0.6 is 12.2 Å². The molecule has 0 radical (unpaired) electrons. The number of nitrogens with one attached hydrogen (secondary N) is 1. The van der Waals surface area contributed by atoms with Crippen molar-refractivity contribution in [2.24, 2.45) is 0 Å². The molecule has 3 aliphatic rings. The molecule has 1 saturated carbocycles. The van der Waals surface area contributed by atoms with E-state index in [4.69, 9.17) is 17.5 Å². The van der Waals surface area contributed by atoms with Crippen LogP contribution in [0.3, 0.4) is 0 Å². The van der Waals surface area contributed by atoms with Gasteiger partial charge < -0.3 is 5.32 Å². The maximum absolute atomic E-state index is 15.2. The number of carbonyl (C=O) groups is 2. The smallest absolute Gasteiger partial charge is 0.359 e. The van der Waals surface area contributed by atoms with Gasteiger partial charge in [0.25, 0.3) is 5.91 Å². The minimum Gasteiger partial charge on any atom is -0.359 e. The lowest BCUT2D eigenvalue weighted by molar-refractivity contribution is -0.140. The van der Waals surface area contributed by atoms with E-state index in [1.165, 1.54) is 11.0 Å². The van der Waals surface area contributed by atoms with Crippen molar-refractivity contribution in [3.63, 3.8) is 0 Å². The largest absolute Gasteiger partial charge is 0.420 e. The Bertz CT molecular complexity index is 1340. The van der Waals surface area contributed by atoms with Crippen LogP contribution in [-0.2, 0) is 15.8 Å². The molecule has 2 aliphatic carbocycles. The summed E-state index contributed by atoms with van der Waals surface area (Å²) in [5.41, 5.74) is 2.70. The van der Waals surface area contributed by atoms with E-state index < -0.39 is 40.3 Å². The Hall–Kier alpha value is -3.70. The first kappa shape index (κ1) is 25.4. The second-order valence-corrected chi connectivity index (χ2v) is 8.96. The summed E-state index contributed by atoms with van der Waals surface area (Å²) in [6.07, 6.45) is 1.26. The Balaban J connectivity index is 1.72. The van der Waals surface area contributed by atoms with Crippen molar-refractivity contribution in [1.29, 1.82) is 5.26 Å². The average molecular weight is 517 g/mol. The molecule has 0 atom stereocenters. The molecule has 0 bridgehead atoms. The lowest BCUT2D eigenvalue weighted by Crippen LogP contribution is -2.54. The zero-order valence-electron chi connectivity index (χ0n) is 19.1. The quantitative estimate of drug-likeness (QED) is 0.339. The Kier molecular flexibility index (Phi) is 6.63. The van der Waals surface area contributed by atoms with Gasteiger partial charge in [-0.3, -0.25) is 19.4 Å². The standard InChI is InChI=1S/C25H20F4N4O2S/c1-31-19(34)5-2-4-15-6-9-17(10-7-15)33-23(36)32(22(35)24(33)12-3-13-24)18-11-8-16(14-30)20(21(18)26)25(27,28)29/h6,8-9,11H,2-5,12-13H2,1H3,(H,31,34). The van der Waals surface area contributed by atoms with Gasteiger partial charge in [-0.15, -0.1) is 0 Å². The highest BCUT2D eigenvalue weighted by molar-refractivity contribution is 7.80. The second kappa shape index (κ2) is 9.40. The van der Waals surface area contributed by atoms with E-state index in [-0.39, 0.29) is 11.0 Å². The van der Waals surface area contributed by atoms with Gasteiger partial charge in [0.15, 0.2) is 10.9 Å². The van der Waals surface area contributed by atoms with Gasteiger partial charge in [0.05, 0.1) is 23.0 Å². The molecule has 4 rings (SSSR count).